The van der Waals surface area contributed by atoms with Crippen molar-refractivity contribution in [2.75, 3.05) is 46.0 Å². The van der Waals surface area contributed by atoms with Gasteiger partial charge in [0.2, 0.25) is 0 Å². The first-order chi connectivity index (χ1) is 22.1. The van der Waals surface area contributed by atoms with Gasteiger partial charge in [-0.1, -0.05) is 0 Å². The lowest BCUT2D eigenvalue weighted by Crippen LogP contribution is -2.49. The summed E-state index contributed by atoms with van der Waals surface area (Å²) in [7, 11) is 0. The number of likely N-dealkylation sites (tertiary alicyclic amines) is 1. The second-order valence-electron chi connectivity index (χ2n) is 13.0. The molecule has 13 heteroatoms. The number of hydrogen-bond acceptors (Lipinski definition) is 8. The number of carbonyl (C=O) groups excluding carboxylic acids is 2. The van der Waals surface area contributed by atoms with Gasteiger partial charge in [0.25, 0.3) is 17.0 Å². The summed E-state index contributed by atoms with van der Waals surface area (Å²) in [4.78, 5) is 51.0. The number of piperidine rings is 1. The van der Waals surface area contributed by atoms with Crippen LogP contribution in [0.25, 0.3) is 0 Å². The minimum absolute atomic E-state index is 0.147. The maximum atomic E-state index is 14.2. The first-order valence-corrected chi connectivity index (χ1v) is 16.4. The number of halogens is 2. The summed E-state index contributed by atoms with van der Waals surface area (Å²) in [6, 6.07) is 1.54. The number of hydrogen-bond donors (Lipinski definition) is 2. The summed E-state index contributed by atoms with van der Waals surface area (Å²) < 4.78 is 40.5. The highest BCUT2D eigenvalue weighted by atomic mass is 19.1. The minimum atomic E-state index is -0.786. The van der Waals surface area contributed by atoms with E-state index in [0.29, 0.717) is 45.1 Å². The first-order valence-electron chi connectivity index (χ1n) is 16.4. The van der Waals surface area contributed by atoms with E-state index >= 15 is 0 Å². The number of aromatic nitrogens is 2. The van der Waals surface area contributed by atoms with Crippen molar-refractivity contribution >= 4 is 11.9 Å². The van der Waals surface area contributed by atoms with Gasteiger partial charge in [0, 0.05) is 51.2 Å². The fourth-order valence-corrected chi connectivity index (χ4v) is 6.15. The number of nitrogens with zero attached hydrogens (tertiary/aromatic N) is 3. The number of nitrogens with one attached hydrogen (secondary N) is 1. The molecule has 1 amide bonds. The topological polar surface area (TPSA) is 132 Å². The number of rotatable bonds is 9. The number of pyridine rings is 2. The molecule has 47 heavy (non-hydrogen) atoms. The molecule has 0 saturated carbocycles. The third-order valence-corrected chi connectivity index (χ3v) is 8.83. The highest BCUT2D eigenvalue weighted by Crippen LogP contribution is 2.25. The van der Waals surface area contributed by atoms with Crippen LogP contribution < -0.4 is 16.4 Å². The van der Waals surface area contributed by atoms with E-state index in [1.807, 2.05) is 0 Å². The molecule has 2 N–H and O–H groups in total. The Hall–Kier alpha value is -3.42. The standard InChI is InChI=1S/C22H34FN3O4.C12H16FNO3/c1-15(2)26-16(3)19(23)12-18(21(26)28)20(27)24-13-17-4-8-25(9-5-17)14-22(29)6-10-30-11-7-22;1-5-17-12(16)9-6-10(13)8(4)14(7(2)3)11(9)15/h12,15,17,29H,4-11,13-14H2,1-3H3,(H,24,27);6-7H,5H2,1-4H3. The molecule has 2 saturated heterocycles. The highest BCUT2D eigenvalue weighted by Gasteiger charge is 2.33. The molecule has 4 heterocycles. The van der Waals surface area contributed by atoms with E-state index in [1.165, 1.54) is 16.1 Å². The zero-order valence-electron chi connectivity index (χ0n) is 28.7. The van der Waals surface area contributed by atoms with Gasteiger partial charge in [-0.05, 0) is 92.4 Å². The van der Waals surface area contributed by atoms with Crippen LogP contribution >= 0.6 is 0 Å². The van der Waals surface area contributed by atoms with E-state index in [1.54, 1.807) is 41.5 Å². The number of esters is 1. The summed E-state index contributed by atoms with van der Waals surface area (Å²) in [6.07, 6.45) is 3.16. The van der Waals surface area contributed by atoms with Crippen LogP contribution in [0.1, 0.15) is 104 Å². The molecule has 0 bridgehead atoms. The SMILES string of the molecule is CCOC(=O)c1cc(F)c(C)n(C(C)C)c1=O.Cc1c(F)cc(C(=O)NCC2CCN(CC3(O)CCOCC3)CC2)c(=O)n1C(C)C. The predicted octanol–water partition coefficient (Wildman–Crippen LogP) is 3.91. The Labute approximate surface area is 274 Å². The summed E-state index contributed by atoms with van der Waals surface area (Å²) in [5.74, 6) is -2.13. The zero-order valence-corrected chi connectivity index (χ0v) is 28.7. The van der Waals surface area contributed by atoms with E-state index in [0.717, 1.165) is 38.1 Å². The Morgan fingerprint density at radius 2 is 1.45 bits per heavy atom. The third-order valence-electron chi connectivity index (χ3n) is 8.83. The van der Waals surface area contributed by atoms with Crippen molar-refractivity contribution in [3.8, 4) is 0 Å². The second-order valence-corrected chi connectivity index (χ2v) is 13.0. The van der Waals surface area contributed by atoms with Gasteiger partial charge in [-0.15, -0.1) is 0 Å². The molecule has 0 unspecified atom stereocenters. The van der Waals surface area contributed by atoms with Crippen LogP contribution in [0, 0.1) is 31.4 Å². The second kappa shape index (κ2) is 16.6. The van der Waals surface area contributed by atoms with Gasteiger partial charge < -0.3 is 33.9 Å². The monoisotopic (exact) mass is 664 g/mol. The molecule has 0 spiro atoms. The molecule has 2 fully saturated rings. The molecule has 2 aliphatic heterocycles. The highest BCUT2D eigenvalue weighted by molar-refractivity contribution is 5.93. The fourth-order valence-electron chi connectivity index (χ4n) is 6.15. The summed E-state index contributed by atoms with van der Waals surface area (Å²) in [6.45, 7) is 16.0. The molecule has 2 aromatic heterocycles. The van der Waals surface area contributed by atoms with Crippen molar-refractivity contribution in [3.05, 3.63) is 67.0 Å². The molecular formula is C34H50F2N4O7. The molecule has 0 atom stereocenters. The van der Waals surface area contributed by atoms with Gasteiger partial charge in [0.05, 0.1) is 23.6 Å². The van der Waals surface area contributed by atoms with Gasteiger partial charge in [-0.2, -0.15) is 0 Å². The quantitative estimate of drug-likeness (QED) is 0.386. The van der Waals surface area contributed by atoms with E-state index in [9.17, 15) is 33.1 Å². The van der Waals surface area contributed by atoms with E-state index in [4.69, 9.17) is 9.47 Å². The molecule has 0 radical (unpaired) electrons. The molecule has 0 aliphatic carbocycles. The summed E-state index contributed by atoms with van der Waals surface area (Å²) in [5.41, 5.74) is -1.58. The lowest BCUT2D eigenvalue weighted by Gasteiger charge is -2.39. The smallest absolute Gasteiger partial charge is 0.343 e. The first kappa shape index (κ1) is 38.0. The molecule has 2 aromatic rings. The Morgan fingerprint density at radius 3 is 1.94 bits per heavy atom. The Kier molecular flexibility index (Phi) is 13.4. The molecule has 2 aliphatic rings. The van der Waals surface area contributed by atoms with Crippen molar-refractivity contribution in [1.29, 1.82) is 0 Å². The van der Waals surface area contributed by atoms with Crippen LogP contribution in [0.15, 0.2) is 21.7 Å². The van der Waals surface area contributed by atoms with Crippen molar-refractivity contribution in [2.45, 2.75) is 91.8 Å². The van der Waals surface area contributed by atoms with Crippen molar-refractivity contribution in [3.63, 3.8) is 0 Å². The zero-order chi connectivity index (χ0) is 35.1. The van der Waals surface area contributed by atoms with Gasteiger partial charge >= 0.3 is 5.97 Å². The normalized spacial score (nSPS) is 16.9. The third kappa shape index (κ3) is 9.57. The number of ether oxygens (including phenoxy) is 2. The summed E-state index contributed by atoms with van der Waals surface area (Å²) >= 11 is 0. The van der Waals surface area contributed by atoms with Gasteiger partial charge in [0.1, 0.15) is 22.8 Å². The largest absolute Gasteiger partial charge is 0.462 e. The average Bonchev–Trinajstić information content (AvgIpc) is 3.00. The van der Waals surface area contributed by atoms with Crippen molar-refractivity contribution in [2.24, 2.45) is 5.92 Å². The number of amides is 1. The van der Waals surface area contributed by atoms with Crippen molar-refractivity contribution in [1.82, 2.24) is 19.4 Å². The van der Waals surface area contributed by atoms with Gasteiger partial charge in [-0.3, -0.25) is 14.4 Å². The molecule has 262 valence electrons. The fraction of sp³-hybridized carbons (Fsp3) is 0.647. The maximum Gasteiger partial charge on any atom is 0.343 e. The van der Waals surface area contributed by atoms with Crippen LogP contribution in [0.5, 0.6) is 0 Å². The lowest BCUT2D eigenvalue weighted by molar-refractivity contribution is -0.0829. The number of carbonyl (C=O) groups is 2. The predicted molar refractivity (Wildman–Crippen MR) is 174 cm³/mol. The van der Waals surface area contributed by atoms with Crippen molar-refractivity contribution < 1.29 is 33.0 Å². The van der Waals surface area contributed by atoms with E-state index in [2.05, 4.69) is 10.2 Å². The number of β-amino-alcohol motifs (C(OH)–C–C–N with tert-alkyl or cyclic N) is 1. The number of aliphatic hydroxyl groups is 1. The van der Waals surface area contributed by atoms with E-state index < -0.39 is 40.2 Å². The van der Waals surface area contributed by atoms with Crippen LogP contribution in [-0.2, 0) is 9.47 Å². The Morgan fingerprint density at radius 1 is 0.957 bits per heavy atom. The maximum absolute atomic E-state index is 14.2. The minimum Gasteiger partial charge on any atom is -0.462 e. The molecular weight excluding hydrogens is 614 g/mol. The lowest BCUT2D eigenvalue weighted by atomic mass is 9.91. The molecule has 4 rings (SSSR count). The van der Waals surface area contributed by atoms with Crippen LogP contribution in [0.4, 0.5) is 8.78 Å². The Bertz CT molecular complexity index is 1520. The summed E-state index contributed by atoms with van der Waals surface area (Å²) in [5, 5.41) is 13.5. The van der Waals surface area contributed by atoms with E-state index in [-0.39, 0.29) is 41.2 Å². The van der Waals surface area contributed by atoms with Crippen LogP contribution in [0.2, 0.25) is 0 Å². The van der Waals surface area contributed by atoms with Crippen LogP contribution in [0.3, 0.4) is 0 Å². The van der Waals surface area contributed by atoms with Crippen LogP contribution in [-0.4, -0.2) is 82.6 Å². The molecule has 11 nitrogen and oxygen atoms in total. The Balaban J connectivity index is 0.000000300. The molecule has 0 aromatic carbocycles. The van der Waals surface area contributed by atoms with Gasteiger partial charge in [0.15, 0.2) is 0 Å². The van der Waals surface area contributed by atoms with Gasteiger partial charge in [-0.25, -0.2) is 13.6 Å². The average molecular weight is 665 g/mol.